The molecule has 0 spiro atoms. The van der Waals surface area contributed by atoms with E-state index < -0.39 is 0 Å². The lowest BCUT2D eigenvalue weighted by molar-refractivity contribution is 0.0410. The molecule has 1 saturated heterocycles. The topological polar surface area (TPSA) is 12.5 Å². The maximum atomic E-state index is 5.59. The summed E-state index contributed by atoms with van der Waals surface area (Å²) in [6.07, 6.45) is 1.13. The number of hydrogen-bond acceptors (Lipinski definition) is 3. The van der Waals surface area contributed by atoms with Crippen molar-refractivity contribution in [1.29, 1.82) is 0 Å². The first-order valence-corrected chi connectivity index (χ1v) is 6.56. The fourth-order valence-electron chi connectivity index (χ4n) is 1.28. The van der Waals surface area contributed by atoms with Crippen molar-refractivity contribution in [3.63, 3.8) is 0 Å². The number of ether oxygens (including phenoxy) is 1. The van der Waals surface area contributed by atoms with Gasteiger partial charge in [-0.15, -0.1) is 11.6 Å². The number of thioether (sulfide) groups is 1. The number of morpholine rings is 1. The minimum Gasteiger partial charge on any atom is -0.379 e. The number of halogens is 1. The monoisotopic (exact) mass is 223 g/mol. The SMILES string of the molecule is ClCCCSCCN1CCOCC1. The standard InChI is InChI=1S/C9H18ClNOS/c10-2-1-8-13-9-5-11-3-6-12-7-4-11/h1-9H2. The second-order valence-corrected chi connectivity index (χ2v) is 4.71. The molecule has 0 N–H and O–H groups in total. The summed E-state index contributed by atoms with van der Waals surface area (Å²) in [7, 11) is 0. The fourth-order valence-corrected chi connectivity index (χ4v) is 2.51. The Kier molecular flexibility index (Phi) is 7.09. The molecule has 0 amide bonds. The van der Waals surface area contributed by atoms with Crippen LogP contribution in [0.1, 0.15) is 6.42 Å². The molecule has 0 saturated carbocycles. The molecular weight excluding hydrogens is 206 g/mol. The minimum atomic E-state index is 0.796. The molecule has 4 heteroatoms. The van der Waals surface area contributed by atoms with Gasteiger partial charge in [0.1, 0.15) is 0 Å². The van der Waals surface area contributed by atoms with Crippen molar-refractivity contribution >= 4 is 23.4 Å². The Balaban J connectivity index is 1.86. The Morgan fingerprint density at radius 2 is 2.00 bits per heavy atom. The highest BCUT2D eigenvalue weighted by Gasteiger charge is 2.08. The average Bonchev–Trinajstić information content (AvgIpc) is 2.19. The first-order valence-electron chi connectivity index (χ1n) is 4.87. The van der Waals surface area contributed by atoms with Crippen LogP contribution in [-0.4, -0.2) is 55.1 Å². The summed E-state index contributed by atoms with van der Waals surface area (Å²) < 4.78 is 5.28. The molecule has 13 heavy (non-hydrogen) atoms. The third-order valence-corrected chi connectivity index (χ3v) is 3.39. The highest BCUT2D eigenvalue weighted by molar-refractivity contribution is 7.99. The van der Waals surface area contributed by atoms with Crippen molar-refractivity contribution in [1.82, 2.24) is 4.90 Å². The highest BCUT2D eigenvalue weighted by Crippen LogP contribution is 2.05. The van der Waals surface area contributed by atoms with Crippen LogP contribution in [0.5, 0.6) is 0 Å². The zero-order valence-corrected chi connectivity index (χ0v) is 9.58. The van der Waals surface area contributed by atoms with Gasteiger partial charge in [-0.2, -0.15) is 11.8 Å². The van der Waals surface area contributed by atoms with Gasteiger partial charge < -0.3 is 4.74 Å². The van der Waals surface area contributed by atoms with Crippen LogP contribution in [0, 0.1) is 0 Å². The van der Waals surface area contributed by atoms with E-state index in [1.54, 1.807) is 0 Å². The molecule has 0 aromatic rings. The Hall–Kier alpha value is 0.560. The lowest BCUT2D eigenvalue weighted by Gasteiger charge is -2.26. The van der Waals surface area contributed by atoms with Crippen LogP contribution in [0.3, 0.4) is 0 Å². The van der Waals surface area contributed by atoms with E-state index in [9.17, 15) is 0 Å². The van der Waals surface area contributed by atoms with Gasteiger partial charge >= 0.3 is 0 Å². The van der Waals surface area contributed by atoms with Crippen molar-refractivity contribution < 1.29 is 4.74 Å². The van der Waals surface area contributed by atoms with E-state index in [2.05, 4.69) is 4.90 Å². The predicted octanol–water partition coefficient (Wildman–Crippen LogP) is 1.68. The van der Waals surface area contributed by atoms with E-state index >= 15 is 0 Å². The lowest BCUT2D eigenvalue weighted by atomic mass is 10.4. The second kappa shape index (κ2) is 7.92. The average molecular weight is 224 g/mol. The number of rotatable bonds is 6. The maximum Gasteiger partial charge on any atom is 0.0594 e. The van der Waals surface area contributed by atoms with E-state index in [0.717, 1.165) is 38.6 Å². The predicted molar refractivity (Wildman–Crippen MR) is 59.9 cm³/mol. The van der Waals surface area contributed by atoms with Gasteiger partial charge in [-0.3, -0.25) is 4.90 Å². The van der Waals surface area contributed by atoms with E-state index in [1.807, 2.05) is 11.8 Å². The van der Waals surface area contributed by atoms with Gasteiger partial charge in [-0.1, -0.05) is 0 Å². The number of hydrogen-bond donors (Lipinski definition) is 0. The van der Waals surface area contributed by atoms with Gasteiger partial charge in [0.25, 0.3) is 0 Å². The molecule has 2 nitrogen and oxygen atoms in total. The van der Waals surface area contributed by atoms with Crippen molar-refractivity contribution in [2.45, 2.75) is 6.42 Å². The lowest BCUT2D eigenvalue weighted by Crippen LogP contribution is -2.37. The van der Waals surface area contributed by atoms with Gasteiger partial charge in [0.05, 0.1) is 13.2 Å². The molecule has 1 rings (SSSR count). The largest absolute Gasteiger partial charge is 0.379 e. The van der Waals surface area contributed by atoms with Crippen LogP contribution >= 0.6 is 23.4 Å². The summed E-state index contributed by atoms with van der Waals surface area (Å²) in [5.41, 5.74) is 0. The third kappa shape index (κ3) is 5.78. The molecular formula is C9H18ClNOS. The minimum absolute atomic E-state index is 0.796. The smallest absolute Gasteiger partial charge is 0.0594 e. The molecule has 0 aliphatic carbocycles. The molecule has 1 aliphatic heterocycles. The van der Waals surface area contributed by atoms with Crippen LogP contribution in [0.25, 0.3) is 0 Å². The zero-order chi connectivity index (χ0) is 9.36. The maximum absolute atomic E-state index is 5.59. The van der Waals surface area contributed by atoms with Gasteiger partial charge in [-0.05, 0) is 12.2 Å². The van der Waals surface area contributed by atoms with Gasteiger partial charge in [0, 0.05) is 31.3 Å². The van der Waals surface area contributed by atoms with Gasteiger partial charge in [0.2, 0.25) is 0 Å². The number of alkyl halides is 1. The van der Waals surface area contributed by atoms with Crippen molar-refractivity contribution in [3.8, 4) is 0 Å². The van der Waals surface area contributed by atoms with Crippen LogP contribution in [0.15, 0.2) is 0 Å². The van der Waals surface area contributed by atoms with Crippen LogP contribution < -0.4 is 0 Å². The summed E-state index contributed by atoms with van der Waals surface area (Å²) in [5.74, 6) is 3.23. The molecule has 0 atom stereocenters. The summed E-state index contributed by atoms with van der Waals surface area (Å²) >= 11 is 7.59. The Morgan fingerprint density at radius 1 is 1.23 bits per heavy atom. The normalized spacial score (nSPS) is 19.2. The van der Waals surface area contributed by atoms with E-state index in [-0.39, 0.29) is 0 Å². The molecule has 0 unspecified atom stereocenters. The second-order valence-electron chi connectivity index (χ2n) is 3.11. The summed E-state index contributed by atoms with van der Waals surface area (Å²) in [6.45, 7) is 5.24. The molecule has 1 heterocycles. The van der Waals surface area contributed by atoms with Crippen molar-refractivity contribution in [2.24, 2.45) is 0 Å². The van der Waals surface area contributed by atoms with Crippen molar-refractivity contribution in [2.75, 3.05) is 50.2 Å². The molecule has 0 aromatic carbocycles. The quantitative estimate of drug-likeness (QED) is 0.502. The molecule has 0 aromatic heterocycles. The van der Waals surface area contributed by atoms with Crippen LogP contribution in [0.4, 0.5) is 0 Å². The van der Waals surface area contributed by atoms with E-state index in [4.69, 9.17) is 16.3 Å². The molecule has 0 bridgehead atoms. The molecule has 78 valence electrons. The summed E-state index contributed by atoms with van der Waals surface area (Å²) in [4.78, 5) is 2.47. The van der Waals surface area contributed by atoms with Crippen molar-refractivity contribution in [3.05, 3.63) is 0 Å². The summed E-state index contributed by atoms with van der Waals surface area (Å²) in [5, 5.41) is 0. The third-order valence-electron chi connectivity index (χ3n) is 2.08. The van der Waals surface area contributed by atoms with E-state index in [0.29, 0.717) is 0 Å². The first kappa shape index (κ1) is 11.6. The van der Waals surface area contributed by atoms with Crippen LogP contribution in [0.2, 0.25) is 0 Å². The molecule has 0 radical (unpaired) electrons. The summed E-state index contributed by atoms with van der Waals surface area (Å²) in [6, 6.07) is 0. The zero-order valence-electron chi connectivity index (χ0n) is 8.01. The molecule has 1 fully saturated rings. The first-order chi connectivity index (χ1) is 6.43. The number of nitrogens with zero attached hydrogens (tertiary/aromatic N) is 1. The Bertz CT molecular complexity index is 120. The van der Waals surface area contributed by atoms with Crippen LogP contribution in [-0.2, 0) is 4.74 Å². The van der Waals surface area contributed by atoms with Gasteiger partial charge in [-0.25, -0.2) is 0 Å². The Morgan fingerprint density at radius 3 is 2.69 bits per heavy atom. The molecule has 1 aliphatic rings. The fraction of sp³-hybridized carbons (Fsp3) is 1.00. The Labute approximate surface area is 90.0 Å². The van der Waals surface area contributed by atoms with Gasteiger partial charge in [0.15, 0.2) is 0 Å². The highest BCUT2D eigenvalue weighted by atomic mass is 35.5. The van der Waals surface area contributed by atoms with E-state index in [1.165, 1.54) is 18.1 Å².